The van der Waals surface area contributed by atoms with Crippen LogP contribution in [0.2, 0.25) is 0 Å². The van der Waals surface area contributed by atoms with Gasteiger partial charge in [0.2, 0.25) is 0 Å². The zero-order valence-electron chi connectivity index (χ0n) is 8.85. The van der Waals surface area contributed by atoms with Gasteiger partial charge < -0.3 is 11.5 Å². The van der Waals surface area contributed by atoms with E-state index in [4.69, 9.17) is 11.5 Å². The van der Waals surface area contributed by atoms with Gasteiger partial charge in [-0.15, -0.1) is 24.8 Å². The van der Waals surface area contributed by atoms with E-state index in [1.165, 1.54) is 21.9 Å². The molecule has 0 heterocycles. The maximum Gasteiger partial charge on any atom is 0.0184 e. The fourth-order valence-corrected chi connectivity index (χ4v) is 1.80. The number of hydrogen-bond donors (Lipinski definition) is 2. The molecule has 4 heteroatoms. The van der Waals surface area contributed by atoms with Gasteiger partial charge in [-0.25, -0.2) is 0 Å². The van der Waals surface area contributed by atoms with Gasteiger partial charge in [0, 0.05) is 13.1 Å². The number of benzene rings is 2. The zero-order chi connectivity index (χ0) is 9.97. The maximum atomic E-state index is 5.68. The van der Waals surface area contributed by atoms with E-state index in [-0.39, 0.29) is 24.8 Å². The van der Waals surface area contributed by atoms with E-state index in [0.29, 0.717) is 13.1 Å². The fourth-order valence-electron chi connectivity index (χ4n) is 1.80. The molecular formula is C12H16Cl2N2. The van der Waals surface area contributed by atoms with Crippen LogP contribution in [0, 0.1) is 0 Å². The molecule has 2 nitrogen and oxygen atoms in total. The Morgan fingerprint density at radius 3 is 1.38 bits per heavy atom. The van der Waals surface area contributed by atoms with Crippen molar-refractivity contribution in [3.8, 4) is 0 Å². The second kappa shape index (κ2) is 6.71. The molecule has 0 aliphatic heterocycles. The first-order chi connectivity index (χ1) is 6.86. The summed E-state index contributed by atoms with van der Waals surface area (Å²) in [6, 6.07) is 12.4. The molecule has 0 radical (unpaired) electrons. The number of nitrogens with two attached hydrogens (primary N) is 2. The highest BCUT2D eigenvalue weighted by Crippen LogP contribution is 2.21. The van der Waals surface area contributed by atoms with Crippen LogP contribution in [0.5, 0.6) is 0 Å². The summed E-state index contributed by atoms with van der Waals surface area (Å²) in [5, 5.41) is 2.44. The van der Waals surface area contributed by atoms with Crippen molar-refractivity contribution in [3.63, 3.8) is 0 Å². The average molecular weight is 259 g/mol. The Morgan fingerprint density at radius 1 is 0.688 bits per heavy atom. The summed E-state index contributed by atoms with van der Waals surface area (Å²) in [5.41, 5.74) is 13.7. The second-order valence-electron chi connectivity index (χ2n) is 3.34. The Kier molecular flexibility index (Phi) is 6.38. The molecule has 0 bridgehead atoms. The van der Waals surface area contributed by atoms with E-state index in [2.05, 4.69) is 24.3 Å². The number of fused-ring (bicyclic) bond motifs is 1. The molecule has 0 atom stereocenters. The van der Waals surface area contributed by atoms with Gasteiger partial charge in [-0.1, -0.05) is 36.4 Å². The third-order valence-electron chi connectivity index (χ3n) is 2.54. The first-order valence-corrected chi connectivity index (χ1v) is 4.76. The molecule has 0 fully saturated rings. The van der Waals surface area contributed by atoms with Gasteiger partial charge in [0.15, 0.2) is 0 Å². The molecule has 88 valence electrons. The topological polar surface area (TPSA) is 52.0 Å². The van der Waals surface area contributed by atoms with Crippen molar-refractivity contribution in [3.05, 3.63) is 47.5 Å². The lowest BCUT2D eigenvalue weighted by Gasteiger charge is -2.07. The molecule has 2 rings (SSSR count). The third-order valence-corrected chi connectivity index (χ3v) is 2.54. The van der Waals surface area contributed by atoms with Gasteiger partial charge >= 0.3 is 0 Å². The van der Waals surface area contributed by atoms with Crippen molar-refractivity contribution >= 4 is 35.6 Å². The number of rotatable bonds is 2. The van der Waals surface area contributed by atoms with Crippen molar-refractivity contribution in [2.45, 2.75) is 13.1 Å². The summed E-state index contributed by atoms with van der Waals surface area (Å²) in [6.45, 7) is 1.15. The predicted octanol–water partition coefficient (Wildman–Crippen LogP) is 2.60. The van der Waals surface area contributed by atoms with Crippen molar-refractivity contribution in [1.82, 2.24) is 0 Å². The molecule has 0 amide bonds. The van der Waals surface area contributed by atoms with Gasteiger partial charge in [-0.2, -0.15) is 0 Å². The van der Waals surface area contributed by atoms with Crippen LogP contribution in [0.25, 0.3) is 10.8 Å². The molecule has 0 aliphatic carbocycles. The Bertz CT molecular complexity index is 414. The molecule has 0 unspecified atom stereocenters. The van der Waals surface area contributed by atoms with Crippen LogP contribution in [-0.4, -0.2) is 0 Å². The standard InChI is InChI=1S/C12H14N2.2ClH/c13-7-9-3-1-5-11-10(8-14)4-2-6-12(9)11;;/h1-6H,7-8,13-14H2;2*1H. The Balaban J connectivity index is 0.00000112. The first kappa shape index (κ1) is 15.2. The first-order valence-electron chi connectivity index (χ1n) is 4.76. The molecule has 4 N–H and O–H groups in total. The summed E-state index contributed by atoms with van der Waals surface area (Å²) in [6.07, 6.45) is 0. The second-order valence-corrected chi connectivity index (χ2v) is 3.34. The average Bonchev–Trinajstić information content (AvgIpc) is 2.27. The molecule has 16 heavy (non-hydrogen) atoms. The van der Waals surface area contributed by atoms with E-state index in [1.807, 2.05) is 12.1 Å². The van der Waals surface area contributed by atoms with Gasteiger partial charge in [0.25, 0.3) is 0 Å². The molecule has 0 saturated carbocycles. The SMILES string of the molecule is Cl.Cl.NCc1cccc2c(CN)cccc12. The smallest absolute Gasteiger partial charge is 0.0184 e. The minimum Gasteiger partial charge on any atom is -0.326 e. The summed E-state index contributed by atoms with van der Waals surface area (Å²) >= 11 is 0. The minimum absolute atomic E-state index is 0. The van der Waals surface area contributed by atoms with E-state index in [9.17, 15) is 0 Å². The van der Waals surface area contributed by atoms with Crippen molar-refractivity contribution in [2.24, 2.45) is 11.5 Å². The van der Waals surface area contributed by atoms with Crippen molar-refractivity contribution in [1.29, 1.82) is 0 Å². The molecular weight excluding hydrogens is 243 g/mol. The van der Waals surface area contributed by atoms with Gasteiger partial charge in [0.1, 0.15) is 0 Å². The molecule has 0 spiro atoms. The normalized spacial score (nSPS) is 9.38. The van der Waals surface area contributed by atoms with Crippen LogP contribution in [0.15, 0.2) is 36.4 Å². The van der Waals surface area contributed by atoms with Crippen LogP contribution in [0.4, 0.5) is 0 Å². The predicted molar refractivity (Wildman–Crippen MR) is 74.2 cm³/mol. The largest absolute Gasteiger partial charge is 0.326 e. The lowest BCUT2D eigenvalue weighted by Crippen LogP contribution is -2.00. The maximum absolute atomic E-state index is 5.68. The third kappa shape index (κ3) is 2.66. The summed E-state index contributed by atoms with van der Waals surface area (Å²) in [5.74, 6) is 0. The molecule has 0 aliphatic rings. The van der Waals surface area contributed by atoms with Gasteiger partial charge in [-0.3, -0.25) is 0 Å². The van der Waals surface area contributed by atoms with E-state index in [0.717, 1.165) is 0 Å². The number of halogens is 2. The van der Waals surface area contributed by atoms with E-state index in [1.54, 1.807) is 0 Å². The van der Waals surface area contributed by atoms with Gasteiger partial charge in [0.05, 0.1) is 0 Å². The highest BCUT2D eigenvalue weighted by molar-refractivity contribution is 5.88. The van der Waals surface area contributed by atoms with E-state index >= 15 is 0 Å². The zero-order valence-corrected chi connectivity index (χ0v) is 10.5. The summed E-state index contributed by atoms with van der Waals surface area (Å²) < 4.78 is 0. The van der Waals surface area contributed by atoms with Crippen LogP contribution in [-0.2, 0) is 13.1 Å². The quantitative estimate of drug-likeness (QED) is 0.870. The lowest BCUT2D eigenvalue weighted by molar-refractivity contribution is 1.07. The van der Waals surface area contributed by atoms with E-state index < -0.39 is 0 Å². The summed E-state index contributed by atoms with van der Waals surface area (Å²) in [4.78, 5) is 0. The number of hydrogen-bond acceptors (Lipinski definition) is 2. The molecule has 2 aromatic carbocycles. The highest BCUT2D eigenvalue weighted by atomic mass is 35.5. The Labute approximate surface area is 108 Å². The monoisotopic (exact) mass is 258 g/mol. The minimum atomic E-state index is 0. The van der Waals surface area contributed by atoms with Crippen molar-refractivity contribution in [2.75, 3.05) is 0 Å². The Morgan fingerprint density at radius 2 is 1.06 bits per heavy atom. The molecule has 0 aromatic heterocycles. The lowest BCUT2D eigenvalue weighted by atomic mass is 10.0. The van der Waals surface area contributed by atoms with Crippen LogP contribution >= 0.6 is 24.8 Å². The van der Waals surface area contributed by atoms with Crippen LogP contribution in [0.3, 0.4) is 0 Å². The summed E-state index contributed by atoms with van der Waals surface area (Å²) in [7, 11) is 0. The van der Waals surface area contributed by atoms with Crippen molar-refractivity contribution < 1.29 is 0 Å². The van der Waals surface area contributed by atoms with Crippen LogP contribution in [0.1, 0.15) is 11.1 Å². The highest BCUT2D eigenvalue weighted by Gasteiger charge is 2.01. The molecule has 2 aromatic rings. The molecule has 0 saturated heterocycles. The fraction of sp³-hybridized carbons (Fsp3) is 0.167. The Hall–Kier alpha value is -0.800. The van der Waals surface area contributed by atoms with Crippen LogP contribution < -0.4 is 11.5 Å². The van der Waals surface area contributed by atoms with Gasteiger partial charge in [-0.05, 0) is 21.9 Å².